The van der Waals surface area contributed by atoms with Crippen LogP contribution in [0.1, 0.15) is 17.5 Å². The highest BCUT2D eigenvalue weighted by Crippen LogP contribution is 2.11. The topological polar surface area (TPSA) is 118 Å². The molecule has 1 unspecified atom stereocenters. The van der Waals surface area contributed by atoms with Crippen molar-refractivity contribution in [2.45, 2.75) is 25.6 Å². The Labute approximate surface area is 129 Å². The van der Waals surface area contributed by atoms with Crippen LogP contribution in [0.25, 0.3) is 0 Å². The summed E-state index contributed by atoms with van der Waals surface area (Å²) in [4.78, 5) is 23.4. The van der Waals surface area contributed by atoms with Crippen molar-refractivity contribution >= 4 is 21.7 Å². The van der Waals surface area contributed by atoms with E-state index in [1.807, 2.05) is 24.3 Å². The second kappa shape index (κ2) is 6.89. The number of nitrogens with two attached hydrogens (primary N) is 1. The molecule has 1 fully saturated rings. The number of amides is 2. The van der Waals surface area contributed by atoms with Crippen LogP contribution in [0.3, 0.4) is 0 Å². The summed E-state index contributed by atoms with van der Waals surface area (Å²) in [7, 11) is -3.09. The number of rotatable bonds is 4. The van der Waals surface area contributed by atoms with E-state index in [1.165, 1.54) is 0 Å². The summed E-state index contributed by atoms with van der Waals surface area (Å²) >= 11 is 0. The van der Waals surface area contributed by atoms with Crippen molar-refractivity contribution in [2.24, 2.45) is 5.73 Å². The lowest BCUT2D eigenvalue weighted by molar-refractivity contribution is -0.139. The number of hydrogen-bond donors (Lipinski definition) is 3. The fraction of sp³-hybridized carbons (Fsp3) is 0.429. The second-order valence-corrected chi connectivity index (χ2v) is 7.51. The summed E-state index contributed by atoms with van der Waals surface area (Å²) in [6.45, 7) is 0.613. The number of carbonyl (C=O) groups is 2. The summed E-state index contributed by atoms with van der Waals surface area (Å²) in [5.74, 6) is -1.64. The van der Waals surface area contributed by atoms with Gasteiger partial charge in [0.1, 0.15) is 0 Å². The maximum atomic E-state index is 11.7. The van der Waals surface area contributed by atoms with Crippen molar-refractivity contribution in [1.29, 1.82) is 0 Å². The van der Waals surface area contributed by atoms with E-state index in [0.29, 0.717) is 13.0 Å². The second-order valence-electron chi connectivity index (χ2n) is 5.28. The summed E-state index contributed by atoms with van der Waals surface area (Å²) in [5, 5.41) is 4.95. The lowest BCUT2D eigenvalue weighted by Crippen LogP contribution is -2.44. The van der Waals surface area contributed by atoms with Crippen molar-refractivity contribution in [3.8, 4) is 0 Å². The molecule has 1 aliphatic heterocycles. The summed E-state index contributed by atoms with van der Waals surface area (Å²) in [5.41, 5.74) is 7.31. The van der Waals surface area contributed by atoms with E-state index in [2.05, 4.69) is 10.6 Å². The normalized spacial score (nSPS) is 19.6. The molecular formula is C14H19N3O4S. The molecule has 1 heterocycles. The van der Waals surface area contributed by atoms with Gasteiger partial charge >= 0.3 is 11.8 Å². The Kier molecular flexibility index (Phi) is 5.15. The smallest absolute Gasteiger partial charge is 0.309 e. The molecule has 7 nitrogen and oxygen atoms in total. The van der Waals surface area contributed by atoms with Crippen LogP contribution in [-0.4, -0.2) is 37.8 Å². The van der Waals surface area contributed by atoms with Gasteiger partial charge in [0.25, 0.3) is 0 Å². The van der Waals surface area contributed by atoms with Crippen LogP contribution < -0.4 is 16.4 Å². The van der Waals surface area contributed by atoms with Gasteiger partial charge in [-0.15, -0.1) is 0 Å². The van der Waals surface area contributed by atoms with E-state index in [4.69, 9.17) is 5.73 Å². The van der Waals surface area contributed by atoms with Gasteiger partial charge in [-0.05, 0) is 17.5 Å². The molecular weight excluding hydrogens is 306 g/mol. The Balaban J connectivity index is 1.83. The molecule has 4 N–H and O–H groups in total. The van der Waals surface area contributed by atoms with E-state index in [1.54, 1.807) is 0 Å². The van der Waals surface area contributed by atoms with E-state index < -0.39 is 27.7 Å². The average molecular weight is 325 g/mol. The van der Waals surface area contributed by atoms with Crippen LogP contribution in [0.4, 0.5) is 0 Å². The Morgan fingerprint density at radius 3 is 2.59 bits per heavy atom. The van der Waals surface area contributed by atoms with E-state index in [9.17, 15) is 18.0 Å². The maximum absolute atomic E-state index is 11.7. The number of carbonyl (C=O) groups excluding carboxylic acids is 2. The molecule has 2 amide bonds. The zero-order chi connectivity index (χ0) is 16.2. The fourth-order valence-electron chi connectivity index (χ4n) is 2.29. The van der Waals surface area contributed by atoms with Crippen LogP contribution >= 0.6 is 0 Å². The van der Waals surface area contributed by atoms with E-state index in [0.717, 1.165) is 11.1 Å². The van der Waals surface area contributed by atoms with Gasteiger partial charge in [0.05, 0.1) is 11.5 Å². The first kappa shape index (κ1) is 16.4. The lowest BCUT2D eigenvalue weighted by atomic mass is 10.1. The Morgan fingerprint density at radius 2 is 1.95 bits per heavy atom. The van der Waals surface area contributed by atoms with Crippen LogP contribution in [0, 0.1) is 0 Å². The molecule has 1 atom stereocenters. The fourth-order valence-corrected chi connectivity index (χ4v) is 3.96. The number of nitrogens with one attached hydrogen (secondary N) is 2. The largest absolute Gasteiger partial charge is 0.344 e. The first-order valence-electron chi connectivity index (χ1n) is 6.96. The van der Waals surface area contributed by atoms with Gasteiger partial charge in [-0.2, -0.15) is 0 Å². The van der Waals surface area contributed by atoms with Gasteiger partial charge in [0, 0.05) is 19.1 Å². The first-order valence-corrected chi connectivity index (χ1v) is 8.79. The zero-order valence-electron chi connectivity index (χ0n) is 12.0. The van der Waals surface area contributed by atoms with Crippen LogP contribution in [0.2, 0.25) is 0 Å². The van der Waals surface area contributed by atoms with Gasteiger partial charge < -0.3 is 16.4 Å². The summed E-state index contributed by atoms with van der Waals surface area (Å²) < 4.78 is 22.6. The minimum absolute atomic E-state index is 0.0471. The molecule has 0 aromatic heterocycles. The van der Waals surface area contributed by atoms with Gasteiger partial charge in [-0.1, -0.05) is 24.3 Å². The molecule has 0 bridgehead atoms. The molecule has 1 aromatic carbocycles. The number of sulfone groups is 1. The standard InChI is InChI=1S/C14H19N3O4S/c15-7-10-2-1-3-11(6-10)8-16-13(18)14(19)17-12-4-5-22(20,21)9-12/h1-3,6,12H,4-5,7-9,15H2,(H,16,18)(H,17,19). The average Bonchev–Trinajstić information content (AvgIpc) is 2.83. The highest BCUT2D eigenvalue weighted by atomic mass is 32.2. The molecule has 22 heavy (non-hydrogen) atoms. The molecule has 1 aliphatic rings. The zero-order valence-corrected chi connectivity index (χ0v) is 12.9. The molecule has 1 saturated heterocycles. The highest BCUT2D eigenvalue weighted by Gasteiger charge is 2.30. The predicted octanol–water partition coefficient (Wildman–Crippen LogP) is -0.935. The first-order chi connectivity index (χ1) is 10.4. The Hall–Kier alpha value is -1.93. The number of hydrogen-bond acceptors (Lipinski definition) is 5. The van der Waals surface area contributed by atoms with Crippen molar-refractivity contribution in [3.05, 3.63) is 35.4 Å². The highest BCUT2D eigenvalue weighted by molar-refractivity contribution is 7.91. The van der Waals surface area contributed by atoms with E-state index >= 15 is 0 Å². The third-order valence-corrected chi connectivity index (χ3v) is 5.22. The van der Waals surface area contributed by atoms with Crippen molar-refractivity contribution < 1.29 is 18.0 Å². The molecule has 120 valence electrons. The van der Waals surface area contributed by atoms with Gasteiger partial charge in [0.2, 0.25) is 0 Å². The lowest BCUT2D eigenvalue weighted by Gasteiger charge is -2.11. The van der Waals surface area contributed by atoms with Crippen LogP contribution in [0.15, 0.2) is 24.3 Å². The van der Waals surface area contributed by atoms with Gasteiger partial charge in [-0.25, -0.2) is 8.42 Å². The predicted molar refractivity (Wildman–Crippen MR) is 81.4 cm³/mol. The quantitative estimate of drug-likeness (QED) is 0.618. The SMILES string of the molecule is NCc1cccc(CNC(=O)C(=O)NC2CCS(=O)(=O)C2)c1. The molecule has 2 rings (SSSR count). The Bertz CT molecular complexity index is 672. The minimum atomic E-state index is -3.09. The third-order valence-electron chi connectivity index (χ3n) is 3.45. The van der Waals surface area contributed by atoms with Gasteiger partial charge in [0.15, 0.2) is 9.84 Å². The van der Waals surface area contributed by atoms with E-state index in [-0.39, 0.29) is 18.1 Å². The molecule has 0 spiro atoms. The van der Waals surface area contributed by atoms with Gasteiger partial charge in [-0.3, -0.25) is 9.59 Å². The Morgan fingerprint density at radius 1 is 1.23 bits per heavy atom. The molecule has 8 heteroatoms. The maximum Gasteiger partial charge on any atom is 0.309 e. The molecule has 0 radical (unpaired) electrons. The van der Waals surface area contributed by atoms with Crippen LogP contribution in [-0.2, 0) is 32.5 Å². The summed E-state index contributed by atoms with van der Waals surface area (Å²) in [6.07, 6.45) is 0.347. The monoisotopic (exact) mass is 325 g/mol. The summed E-state index contributed by atoms with van der Waals surface area (Å²) in [6, 6.07) is 6.89. The van der Waals surface area contributed by atoms with Crippen LogP contribution in [0.5, 0.6) is 0 Å². The molecule has 1 aromatic rings. The van der Waals surface area contributed by atoms with Crippen molar-refractivity contribution in [1.82, 2.24) is 10.6 Å². The number of benzene rings is 1. The molecule has 0 aliphatic carbocycles. The van der Waals surface area contributed by atoms with Crippen molar-refractivity contribution in [2.75, 3.05) is 11.5 Å². The van der Waals surface area contributed by atoms with Crippen molar-refractivity contribution in [3.63, 3.8) is 0 Å². The minimum Gasteiger partial charge on any atom is -0.344 e. The molecule has 0 saturated carbocycles. The third kappa shape index (κ3) is 4.54.